The molecule has 0 saturated carbocycles. The van der Waals surface area contributed by atoms with Gasteiger partial charge in [0.2, 0.25) is 5.91 Å². The summed E-state index contributed by atoms with van der Waals surface area (Å²) in [5, 5.41) is 0. The Kier molecular flexibility index (Phi) is 8.58. The van der Waals surface area contributed by atoms with E-state index in [1.165, 1.54) is 19.3 Å². The summed E-state index contributed by atoms with van der Waals surface area (Å²) in [6.07, 6.45) is 5.89. The number of nitrogens with zero attached hydrogens (tertiary/aromatic N) is 4. The molecule has 1 atom stereocenters. The van der Waals surface area contributed by atoms with Gasteiger partial charge in [-0.3, -0.25) is 4.79 Å². The average molecular weight is 431 g/mol. The number of aryl methyl sites for hydroxylation is 1. The lowest BCUT2D eigenvalue weighted by Crippen LogP contribution is -2.50. The van der Waals surface area contributed by atoms with Gasteiger partial charge in [0.05, 0.1) is 13.2 Å². The fraction of sp³-hybridized carbons (Fsp3) is 0.667. The Morgan fingerprint density at radius 1 is 1.06 bits per heavy atom. The largest absolute Gasteiger partial charge is 0.497 e. The molecule has 1 aromatic carbocycles. The van der Waals surface area contributed by atoms with Crippen LogP contribution in [0, 0.1) is 0 Å². The van der Waals surface area contributed by atoms with Crippen LogP contribution in [0.25, 0.3) is 0 Å². The van der Waals surface area contributed by atoms with Crippen molar-refractivity contribution in [2.45, 2.75) is 44.6 Å². The zero-order valence-corrected chi connectivity index (χ0v) is 19.4. The molecule has 31 heavy (non-hydrogen) atoms. The van der Waals surface area contributed by atoms with Gasteiger partial charge in [0.15, 0.2) is 0 Å². The molecule has 2 aliphatic heterocycles. The summed E-state index contributed by atoms with van der Waals surface area (Å²) in [5.74, 6) is 0.999. The highest BCUT2D eigenvalue weighted by Gasteiger charge is 2.33. The fourth-order valence-corrected chi connectivity index (χ4v) is 4.55. The maximum Gasteiger partial charge on any atom is 0.319 e. The van der Waals surface area contributed by atoms with E-state index in [4.69, 9.17) is 4.74 Å². The number of hydrogen-bond acceptors (Lipinski definition) is 4. The predicted molar refractivity (Wildman–Crippen MR) is 122 cm³/mol. The molecule has 3 rings (SSSR count). The van der Waals surface area contributed by atoms with Gasteiger partial charge in [0.25, 0.3) is 0 Å². The summed E-state index contributed by atoms with van der Waals surface area (Å²) in [5.41, 5.74) is 1.14. The van der Waals surface area contributed by atoms with Gasteiger partial charge >= 0.3 is 6.03 Å². The van der Waals surface area contributed by atoms with Gasteiger partial charge in [-0.2, -0.15) is 0 Å². The van der Waals surface area contributed by atoms with Gasteiger partial charge < -0.3 is 24.3 Å². The summed E-state index contributed by atoms with van der Waals surface area (Å²) >= 11 is 0. The first-order valence-corrected chi connectivity index (χ1v) is 11.6. The van der Waals surface area contributed by atoms with Gasteiger partial charge in [-0.05, 0) is 56.5 Å². The SMILES string of the molecule is COc1ccc(CCC(=O)N2CC[C@H](N(CCN3CCCCC3)C(=O)N(C)C)C2)cc1. The smallest absolute Gasteiger partial charge is 0.319 e. The van der Waals surface area contributed by atoms with Crippen LogP contribution in [-0.4, -0.2) is 98.1 Å². The molecule has 0 bridgehead atoms. The number of benzene rings is 1. The van der Waals surface area contributed by atoms with Crippen LogP contribution < -0.4 is 4.74 Å². The third kappa shape index (κ3) is 6.60. The Morgan fingerprint density at radius 3 is 2.42 bits per heavy atom. The second-order valence-electron chi connectivity index (χ2n) is 8.90. The molecule has 0 radical (unpaired) electrons. The van der Waals surface area contributed by atoms with Crippen LogP contribution >= 0.6 is 0 Å². The number of rotatable bonds is 8. The van der Waals surface area contributed by atoms with Crippen molar-refractivity contribution in [2.75, 3.05) is 60.5 Å². The van der Waals surface area contributed by atoms with E-state index in [1.54, 1.807) is 12.0 Å². The van der Waals surface area contributed by atoms with Crippen molar-refractivity contribution in [1.82, 2.24) is 19.6 Å². The maximum absolute atomic E-state index is 12.9. The Balaban J connectivity index is 1.51. The summed E-state index contributed by atoms with van der Waals surface area (Å²) < 4.78 is 5.19. The van der Waals surface area contributed by atoms with E-state index in [2.05, 4.69) is 4.90 Å². The predicted octanol–water partition coefficient (Wildman–Crippen LogP) is 2.70. The minimum absolute atomic E-state index is 0.0505. The number of amides is 3. The Morgan fingerprint density at radius 2 is 1.77 bits per heavy atom. The zero-order chi connectivity index (χ0) is 22.2. The van der Waals surface area contributed by atoms with Crippen molar-refractivity contribution in [3.8, 4) is 5.75 Å². The van der Waals surface area contributed by atoms with Crippen molar-refractivity contribution in [2.24, 2.45) is 0 Å². The van der Waals surface area contributed by atoms with Gasteiger partial charge in [-0.15, -0.1) is 0 Å². The number of methoxy groups -OCH3 is 1. The second-order valence-corrected chi connectivity index (χ2v) is 8.90. The van der Waals surface area contributed by atoms with Crippen LogP contribution in [0.4, 0.5) is 4.79 Å². The first-order valence-electron chi connectivity index (χ1n) is 11.6. The number of hydrogen-bond donors (Lipinski definition) is 0. The molecule has 0 unspecified atom stereocenters. The lowest BCUT2D eigenvalue weighted by Gasteiger charge is -2.34. The van der Waals surface area contributed by atoms with Crippen molar-refractivity contribution in [1.29, 1.82) is 0 Å². The molecule has 2 heterocycles. The highest BCUT2D eigenvalue weighted by molar-refractivity contribution is 5.77. The molecule has 2 saturated heterocycles. The number of likely N-dealkylation sites (tertiary alicyclic amines) is 2. The van der Waals surface area contributed by atoms with E-state index in [0.29, 0.717) is 13.0 Å². The van der Waals surface area contributed by atoms with Crippen LogP contribution in [0.3, 0.4) is 0 Å². The third-order valence-electron chi connectivity index (χ3n) is 6.48. The number of carbonyl (C=O) groups excluding carboxylic acids is 2. The van der Waals surface area contributed by atoms with Crippen LogP contribution in [0.15, 0.2) is 24.3 Å². The van der Waals surface area contributed by atoms with Gasteiger partial charge in [-0.1, -0.05) is 18.6 Å². The van der Waals surface area contributed by atoms with Crippen molar-refractivity contribution < 1.29 is 14.3 Å². The van der Waals surface area contributed by atoms with Gasteiger partial charge in [0, 0.05) is 46.7 Å². The highest BCUT2D eigenvalue weighted by Crippen LogP contribution is 2.20. The highest BCUT2D eigenvalue weighted by atomic mass is 16.5. The van der Waals surface area contributed by atoms with Crippen LogP contribution in [0.2, 0.25) is 0 Å². The minimum Gasteiger partial charge on any atom is -0.497 e. The Labute approximate surface area is 186 Å². The molecule has 0 N–H and O–H groups in total. The lowest BCUT2D eigenvalue weighted by atomic mass is 10.1. The van der Waals surface area contributed by atoms with Gasteiger partial charge in [0.1, 0.15) is 5.75 Å². The molecule has 2 aliphatic rings. The molecule has 0 spiro atoms. The van der Waals surface area contributed by atoms with Gasteiger partial charge in [-0.25, -0.2) is 4.79 Å². The standard InChI is InChI=1S/C24H38N4O3/c1-25(2)24(30)28(18-17-26-14-5-4-6-15-26)21-13-16-27(19-21)23(29)12-9-20-7-10-22(31-3)11-8-20/h7-8,10-11,21H,4-6,9,12-19H2,1-3H3/t21-/m0/s1. The summed E-state index contributed by atoms with van der Waals surface area (Å²) in [7, 11) is 5.27. The quantitative estimate of drug-likeness (QED) is 0.636. The van der Waals surface area contributed by atoms with Crippen molar-refractivity contribution in [3.63, 3.8) is 0 Å². The van der Waals surface area contributed by atoms with Crippen molar-refractivity contribution >= 4 is 11.9 Å². The Bertz CT molecular complexity index is 716. The minimum atomic E-state index is 0.0505. The molecule has 2 fully saturated rings. The summed E-state index contributed by atoms with van der Waals surface area (Å²) in [4.78, 5) is 33.7. The van der Waals surface area contributed by atoms with E-state index >= 15 is 0 Å². The van der Waals surface area contributed by atoms with E-state index in [-0.39, 0.29) is 18.0 Å². The number of urea groups is 1. The van der Waals surface area contributed by atoms with E-state index in [0.717, 1.165) is 56.9 Å². The van der Waals surface area contributed by atoms with Crippen LogP contribution in [-0.2, 0) is 11.2 Å². The summed E-state index contributed by atoms with van der Waals surface area (Å²) in [6, 6.07) is 8.03. The molecular formula is C24H38N4O3. The molecule has 1 aromatic rings. The maximum atomic E-state index is 12.9. The van der Waals surface area contributed by atoms with Crippen molar-refractivity contribution in [3.05, 3.63) is 29.8 Å². The van der Waals surface area contributed by atoms with E-state index < -0.39 is 0 Å². The molecule has 7 nitrogen and oxygen atoms in total. The zero-order valence-electron chi connectivity index (χ0n) is 19.4. The Hall–Kier alpha value is -2.28. The average Bonchev–Trinajstić information content (AvgIpc) is 3.28. The molecular weight excluding hydrogens is 392 g/mol. The van der Waals surface area contributed by atoms with Crippen LogP contribution in [0.5, 0.6) is 5.75 Å². The molecule has 0 aliphatic carbocycles. The van der Waals surface area contributed by atoms with Crippen LogP contribution in [0.1, 0.15) is 37.7 Å². The molecule has 172 valence electrons. The number of piperidine rings is 1. The fourth-order valence-electron chi connectivity index (χ4n) is 4.55. The molecule has 0 aromatic heterocycles. The first-order chi connectivity index (χ1) is 15.0. The summed E-state index contributed by atoms with van der Waals surface area (Å²) in [6.45, 7) is 5.28. The second kappa shape index (κ2) is 11.4. The lowest BCUT2D eigenvalue weighted by molar-refractivity contribution is -0.130. The van der Waals surface area contributed by atoms with E-state index in [9.17, 15) is 9.59 Å². The molecule has 3 amide bonds. The monoisotopic (exact) mass is 430 g/mol. The topological polar surface area (TPSA) is 56.3 Å². The first kappa shape index (κ1) is 23.4. The number of carbonyl (C=O) groups is 2. The number of ether oxygens (including phenoxy) is 1. The third-order valence-corrected chi connectivity index (χ3v) is 6.48. The molecule has 7 heteroatoms. The normalized spacial score (nSPS) is 19.3. The van der Waals surface area contributed by atoms with E-state index in [1.807, 2.05) is 48.2 Å².